The van der Waals surface area contributed by atoms with E-state index < -0.39 is 0 Å². The second-order valence-corrected chi connectivity index (χ2v) is 4.88. The molecule has 0 amide bonds. The molecule has 0 aliphatic heterocycles. The van der Waals surface area contributed by atoms with Crippen molar-refractivity contribution in [2.24, 2.45) is 0 Å². The maximum atomic E-state index is 2.35. The molecule has 100 valence electrons. The molecule has 0 aliphatic rings. The molecule has 0 aliphatic carbocycles. The first-order valence-corrected chi connectivity index (χ1v) is 7.71. The average Bonchev–Trinajstić information content (AvgIpc) is 2.35. The van der Waals surface area contributed by atoms with Gasteiger partial charge >= 0.3 is 0 Å². The molecule has 0 nitrogen and oxygen atoms in total. The van der Waals surface area contributed by atoms with Gasteiger partial charge in [-0.1, -0.05) is 76.7 Å². The molecule has 0 saturated carbocycles. The van der Waals surface area contributed by atoms with Gasteiger partial charge in [-0.05, 0) is 32.1 Å². The topological polar surface area (TPSA) is 0 Å². The summed E-state index contributed by atoms with van der Waals surface area (Å²) in [5, 5.41) is 0. The van der Waals surface area contributed by atoms with Crippen LogP contribution in [0.15, 0.2) is 24.3 Å². The van der Waals surface area contributed by atoms with Gasteiger partial charge in [0.1, 0.15) is 0 Å². The second kappa shape index (κ2) is 15.5. The van der Waals surface area contributed by atoms with E-state index in [0.29, 0.717) is 0 Å². The number of rotatable bonds is 12. The van der Waals surface area contributed by atoms with Crippen LogP contribution in [0.25, 0.3) is 0 Å². The Morgan fingerprint density at radius 2 is 1.00 bits per heavy atom. The smallest absolute Gasteiger partial charge is 0.0169 e. The molecule has 0 saturated heterocycles. The maximum absolute atomic E-state index is 2.35. The van der Waals surface area contributed by atoms with Gasteiger partial charge in [-0.25, -0.2) is 0 Å². The summed E-state index contributed by atoms with van der Waals surface area (Å²) in [5.74, 6) is 0. The minimum atomic E-state index is 1.13. The summed E-state index contributed by atoms with van der Waals surface area (Å²) in [5.41, 5.74) is 0. The quantitative estimate of drug-likeness (QED) is 0.270. The molecular weight excluding hydrogens is 204 g/mol. The highest BCUT2D eigenvalue weighted by Gasteiger charge is 1.86. The molecule has 0 aromatic rings. The molecule has 0 unspecified atom stereocenters. The van der Waals surface area contributed by atoms with Crippen LogP contribution in [0.4, 0.5) is 0 Å². The van der Waals surface area contributed by atoms with E-state index in [1.54, 1.807) is 0 Å². The van der Waals surface area contributed by atoms with Crippen LogP contribution in [0.5, 0.6) is 0 Å². The van der Waals surface area contributed by atoms with E-state index in [2.05, 4.69) is 38.2 Å². The molecule has 0 rings (SSSR count). The zero-order valence-electron chi connectivity index (χ0n) is 12.1. The fourth-order valence-electron chi connectivity index (χ4n) is 1.88. The molecule has 0 aromatic carbocycles. The Balaban J connectivity index is 3.13. The lowest BCUT2D eigenvalue weighted by Crippen LogP contribution is -1.75. The van der Waals surface area contributed by atoms with Crippen molar-refractivity contribution in [3.05, 3.63) is 24.3 Å². The highest BCUT2D eigenvalue weighted by Crippen LogP contribution is 2.06. The van der Waals surface area contributed by atoms with Crippen LogP contribution in [-0.4, -0.2) is 0 Å². The van der Waals surface area contributed by atoms with E-state index in [9.17, 15) is 0 Å². The third-order valence-electron chi connectivity index (χ3n) is 3.05. The molecule has 0 N–H and O–H groups in total. The summed E-state index contributed by atoms with van der Waals surface area (Å²) in [6.07, 6.45) is 24.0. The van der Waals surface area contributed by atoms with Crippen LogP contribution >= 0.6 is 0 Å². The van der Waals surface area contributed by atoms with Crippen molar-refractivity contribution in [1.82, 2.24) is 0 Å². The first-order chi connectivity index (χ1) is 8.41. The van der Waals surface area contributed by atoms with Gasteiger partial charge in [0, 0.05) is 0 Å². The Hall–Kier alpha value is -0.520. The van der Waals surface area contributed by atoms with Crippen molar-refractivity contribution in [2.75, 3.05) is 0 Å². The summed E-state index contributed by atoms with van der Waals surface area (Å²) in [6, 6.07) is 0. The Kier molecular flexibility index (Phi) is 15.0. The Morgan fingerprint density at radius 3 is 1.59 bits per heavy atom. The summed E-state index contributed by atoms with van der Waals surface area (Å²) in [6.45, 7) is 4.53. The van der Waals surface area contributed by atoms with Gasteiger partial charge in [0.05, 0.1) is 0 Å². The van der Waals surface area contributed by atoms with E-state index in [1.807, 2.05) is 0 Å². The third kappa shape index (κ3) is 15.5. The fraction of sp³-hybridized carbons (Fsp3) is 0.765. The summed E-state index contributed by atoms with van der Waals surface area (Å²) < 4.78 is 0. The largest absolute Gasteiger partial charge is 0.0882 e. The molecule has 0 radical (unpaired) electrons. The predicted molar refractivity (Wildman–Crippen MR) is 80.4 cm³/mol. The summed E-state index contributed by atoms with van der Waals surface area (Å²) in [4.78, 5) is 0. The Labute approximate surface area is 109 Å². The van der Waals surface area contributed by atoms with Crippen LogP contribution < -0.4 is 0 Å². The predicted octanol–water partition coefficient (Wildman–Crippen LogP) is 6.43. The van der Waals surface area contributed by atoms with Crippen LogP contribution in [0, 0.1) is 0 Å². The molecule has 0 heterocycles. The van der Waals surface area contributed by atoms with Crippen molar-refractivity contribution in [2.45, 2.75) is 84.5 Å². The lowest BCUT2D eigenvalue weighted by atomic mass is 10.1. The number of unbranched alkanes of at least 4 members (excludes halogenated alkanes) is 8. The van der Waals surface area contributed by atoms with Crippen LogP contribution in [0.3, 0.4) is 0 Å². The fourth-order valence-corrected chi connectivity index (χ4v) is 1.88. The summed E-state index contributed by atoms with van der Waals surface area (Å²) in [7, 11) is 0. The van der Waals surface area contributed by atoms with Gasteiger partial charge in [0.2, 0.25) is 0 Å². The lowest BCUT2D eigenvalue weighted by Gasteiger charge is -1.95. The van der Waals surface area contributed by atoms with Gasteiger partial charge in [-0.2, -0.15) is 0 Å². The highest BCUT2D eigenvalue weighted by molar-refractivity contribution is 4.92. The van der Waals surface area contributed by atoms with Gasteiger partial charge in [-0.15, -0.1) is 0 Å². The summed E-state index contributed by atoms with van der Waals surface area (Å²) >= 11 is 0. The number of allylic oxidation sites excluding steroid dienone is 4. The first kappa shape index (κ1) is 16.5. The van der Waals surface area contributed by atoms with Crippen molar-refractivity contribution in [1.29, 1.82) is 0 Å². The van der Waals surface area contributed by atoms with Crippen molar-refractivity contribution < 1.29 is 0 Å². The van der Waals surface area contributed by atoms with Crippen LogP contribution in [0.2, 0.25) is 0 Å². The van der Waals surface area contributed by atoms with E-state index in [1.165, 1.54) is 64.2 Å². The molecule has 0 aromatic heterocycles. The van der Waals surface area contributed by atoms with E-state index in [0.717, 1.165) is 6.42 Å². The molecule has 0 bridgehead atoms. The van der Waals surface area contributed by atoms with Crippen molar-refractivity contribution >= 4 is 0 Å². The second-order valence-electron chi connectivity index (χ2n) is 4.88. The number of hydrogen-bond donors (Lipinski definition) is 0. The average molecular weight is 236 g/mol. The maximum Gasteiger partial charge on any atom is -0.0169 e. The normalized spacial score (nSPS) is 11.9. The molecule has 0 fully saturated rings. The zero-order valence-corrected chi connectivity index (χ0v) is 12.1. The van der Waals surface area contributed by atoms with Gasteiger partial charge < -0.3 is 0 Å². The van der Waals surface area contributed by atoms with Crippen molar-refractivity contribution in [3.8, 4) is 0 Å². The van der Waals surface area contributed by atoms with Crippen LogP contribution in [-0.2, 0) is 0 Å². The van der Waals surface area contributed by atoms with Crippen molar-refractivity contribution in [3.63, 3.8) is 0 Å². The molecule has 0 heteroatoms. The molecular formula is C17H32. The zero-order chi connectivity index (χ0) is 12.6. The highest BCUT2D eigenvalue weighted by atomic mass is 13.9. The minimum Gasteiger partial charge on any atom is -0.0882 e. The standard InChI is InChI=1S/C17H32/c1-3-5-7-9-11-13-15-17-16-14-12-10-8-6-4-2/h11,13,16-17H,3-10,12,14-15H2,1-2H3/b13-11+,17-16+. The monoisotopic (exact) mass is 236 g/mol. The number of hydrogen-bond acceptors (Lipinski definition) is 0. The third-order valence-corrected chi connectivity index (χ3v) is 3.05. The Morgan fingerprint density at radius 1 is 0.529 bits per heavy atom. The van der Waals surface area contributed by atoms with E-state index >= 15 is 0 Å². The molecule has 0 spiro atoms. The van der Waals surface area contributed by atoms with Crippen LogP contribution in [0.1, 0.15) is 84.5 Å². The SMILES string of the molecule is CCCCC/C=C/C/C=C/CCCCCCC. The van der Waals surface area contributed by atoms with Gasteiger partial charge in [-0.3, -0.25) is 0 Å². The minimum absolute atomic E-state index is 1.13. The molecule has 0 atom stereocenters. The van der Waals surface area contributed by atoms with E-state index in [4.69, 9.17) is 0 Å². The first-order valence-electron chi connectivity index (χ1n) is 7.71. The van der Waals surface area contributed by atoms with Gasteiger partial charge in [0.15, 0.2) is 0 Å². The Bertz CT molecular complexity index is 176. The lowest BCUT2D eigenvalue weighted by molar-refractivity contribution is 0.637. The van der Waals surface area contributed by atoms with Gasteiger partial charge in [0.25, 0.3) is 0 Å². The molecule has 17 heavy (non-hydrogen) atoms. The van der Waals surface area contributed by atoms with E-state index in [-0.39, 0.29) is 0 Å².